The van der Waals surface area contributed by atoms with Gasteiger partial charge < -0.3 is 15.4 Å². The van der Waals surface area contributed by atoms with Gasteiger partial charge in [-0.1, -0.05) is 6.07 Å². The number of hydrogen-bond acceptors (Lipinski definition) is 3. The highest BCUT2D eigenvalue weighted by Crippen LogP contribution is 2.13. The third-order valence-electron chi connectivity index (χ3n) is 4.00. The Bertz CT molecular complexity index is 756. The summed E-state index contributed by atoms with van der Waals surface area (Å²) in [5, 5.41) is 5.50. The van der Waals surface area contributed by atoms with Gasteiger partial charge in [0.2, 0.25) is 0 Å². The maximum Gasteiger partial charge on any atom is 0.255 e. The van der Waals surface area contributed by atoms with Crippen LogP contribution < -0.4 is 10.6 Å². The zero-order chi connectivity index (χ0) is 17.6. The lowest BCUT2D eigenvalue weighted by Crippen LogP contribution is -2.31. The topological polar surface area (TPSA) is 67.4 Å². The average molecular weight is 342 g/mol. The highest BCUT2D eigenvalue weighted by Gasteiger charge is 2.17. The third-order valence-corrected chi connectivity index (χ3v) is 4.00. The van der Waals surface area contributed by atoms with Gasteiger partial charge >= 0.3 is 0 Å². The highest BCUT2D eigenvalue weighted by atomic mass is 19.1. The van der Waals surface area contributed by atoms with Crippen molar-refractivity contribution in [2.45, 2.75) is 18.9 Å². The normalized spacial score (nSPS) is 16.4. The quantitative estimate of drug-likeness (QED) is 0.878. The van der Waals surface area contributed by atoms with Crippen LogP contribution in [0.25, 0.3) is 0 Å². The highest BCUT2D eigenvalue weighted by molar-refractivity contribution is 6.06. The molecule has 0 bridgehead atoms. The number of carbonyl (C=O) groups is 2. The minimum Gasteiger partial charge on any atom is -0.376 e. The molecule has 5 nitrogen and oxygen atoms in total. The van der Waals surface area contributed by atoms with E-state index in [2.05, 4.69) is 10.6 Å². The van der Waals surface area contributed by atoms with Gasteiger partial charge in [0.05, 0.1) is 6.10 Å². The first kappa shape index (κ1) is 17.1. The van der Waals surface area contributed by atoms with Gasteiger partial charge in [-0.2, -0.15) is 0 Å². The summed E-state index contributed by atoms with van der Waals surface area (Å²) in [5.74, 6) is -0.977. The van der Waals surface area contributed by atoms with Crippen molar-refractivity contribution in [3.8, 4) is 0 Å². The van der Waals surface area contributed by atoms with E-state index in [1.54, 1.807) is 18.2 Å². The van der Waals surface area contributed by atoms with Crippen LogP contribution in [0.4, 0.5) is 10.1 Å². The predicted molar refractivity (Wildman–Crippen MR) is 92.1 cm³/mol. The second-order valence-electron chi connectivity index (χ2n) is 5.89. The van der Waals surface area contributed by atoms with Crippen molar-refractivity contribution >= 4 is 17.5 Å². The van der Waals surface area contributed by atoms with Gasteiger partial charge in [-0.05, 0) is 55.3 Å². The SMILES string of the molecule is O=C(NCC1CCCO1)c1cccc(C(=O)Nc2ccc(F)cc2)c1. The molecule has 1 unspecified atom stereocenters. The van der Waals surface area contributed by atoms with E-state index in [4.69, 9.17) is 4.74 Å². The average Bonchev–Trinajstić information content (AvgIpc) is 3.15. The summed E-state index contributed by atoms with van der Waals surface area (Å²) in [5.41, 5.74) is 1.25. The first-order chi connectivity index (χ1) is 12.1. The number of nitrogens with one attached hydrogen (secondary N) is 2. The molecule has 2 aromatic rings. The summed E-state index contributed by atoms with van der Waals surface area (Å²) in [7, 11) is 0. The molecule has 2 aromatic carbocycles. The lowest BCUT2D eigenvalue weighted by molar-refractivity contribution is 0.0858. The maximum absolute atomic E-state index is 12.9. The molecule has 1 atom stereocenters. The van der Waals surface area contributed by atoms with E-state index in [0.717, 1.165) is 19.4 Å². The molecule has 1 aliphatic rings. The van der Waals surface area contributed by atoms with E-state index < -0.39 is 0 Å². The second-order valence-corrected chi connectivity index (χ2v) is 5.89. The van der Waals surface area contributed by atoms with Gasteiger partial charge in [-0.25, -0.2) is 4.39 Å². The zero-order valence-corrected chi connectivity index (χ0v) is 13.6. The minimum atomic E-state index is -0.372. The number of hydrogen-bond donors (Lipinski definition) is 2. The van der Waals surface area contributed by atoms with E-state index >= 15 is 0 Å². The van der Waals surface area contributed by atoms with Crippen molar-refractivity contribution in [2.75, 3.05) is 18.5 Å². The Balaban J connectivity index is 1.62. The lowest BCUT2D eigenvalue weighted by atomic mass is 10.1. The monoisotopic (exact) mass is 342 g/mol. The molecule has 1 fully saturated rings. The summed E-state index contributed by atoms with van der Waals surface area (Å²) in [6, 6.07) is 11.9. The van der Waals surface area contributed by atoms with E-state index in [1.165, 1.54) is 30.3 Å². The maximum atomic E-state index is 12.9. The summed E-state index contributed by atoms with van der Waals surface area (Å²) >= 11 is 0. The molecule has 3 rings (SSSR count). The molecule has 2 N–H and O–H groups in total. The Kier molecular flexibility index (Phi) is 5.40. The first-order valence-electron chi connectivity index (χ1n) is 8.18. The molecular formula is C19H19FN2O3. The number of anilines is 1. The largest absolute Gasteiger partial charge is 0.376 e. The van der Waals surface area contributed by atoms with E-state index in [9.17, 15) is 14.0 Å². The Labute approximate surface area is 145 Å². The number of benzene rings is 2. The van der Waals surface area contributed by atoms with Crippen molar-refractivity contribution in [1.29, 1.82) is 0 Å². The van der Waals surface area contributed by atoms with E-state index in [0.29, 0.717) is 23.4 Å². The molecule has 0 aliphatic carbocycles. The van der Waals surface area contributed by atoms with Crippen molar-refractivity contribution < 1.29 is 18.7 Å². The van der Waals surface area contributed by atoms with Crippen molar-refractivity contribution in [2.24, 2.45) is 0 Å². The molecule has 2 amide bonds. The third kappa shape index (κ3) is 4.64. The first-order valence-corrected chi connectivity index (χ1v) is 8.18. The van der Waals surface area contributed by atoms with Crippen LogP contribution in [0, 0.1) is 5.82 Å². The van der Waals surface area contributed by atoms with Crippen LogP contribution in [-0.2, 0) is 4.74 Å². The van der Waals surface area contributed by atoms with Gasteiger partial charge in [0.25, 0.3) is 11.8 Å². The molecule has 0 saturated carbocycles. The zero-order valence-electron chi connectivity index (χ0n) is 13.6. The fourth-order valence-corrected chi connectivity index (χ4v) is 2.65. The molecule has 1 heterocycles. The summed E-state index contributed by atoms with van der Waals surface area (Å²) < 4.78 is 18.4. The number of halogens is 1. The minimum absolute atomic E-state index is 0.0638. The van der Waals surface area contributed by atoms with Crippen LogP contribution in [0.3, 0.4) is 0 Å². The molecule has 6 heteroatoms. The van der Waals surface area contributed by atoms with Crippen molar-refractivity contribution in [1.82, 2.24) is 5.32 Å². The van der Waals surface area contributed by atoms with Crippen LogP contribution in [0.15, 0.2) is 48.5 Å². The predicted octanol–water partition coefficient (Wildman–Crippen LogP) is 2.99. The van der Waals surface area contributed by atoms with E-state index in [-0.39, 0.29) is 23.7 Å². The molecule has 25 heavy (non-hydrogen) atoms. The second kappa shape index (κ2) is 7.90. The van der Waals surface area contributed by atoms with Crippen molar-refractivity contribution in [3.05, 3.63) is 65.5 Å². The molecule has 1 saturated heterocycles. The van der Waals surface area contributed by atoms with Gasteiger partial charge in [0.15, 0.2) is 0 Å². The summed E-state index contributed by atoms with van der Waals surface area (Å²) in [6.07, 6.45) is 2.02. The Hall–Kier alpha value is -2.73. The molecule has 130 valence electrons. The summed E-state index contributed by atoms with van der Waals surface area (Å²) in [6.45, 7) is 1.20. The van der Waals surface area contributed by atoms with Crippen LogP contribution >= 0.6 is 0 Å². The smallest absolute Gasteiger partial charge is 0.255 e. The lowest BCUT2D eigenvalue weighted by Gasteiger charge is -2.11. The van der Waals surface area contributed by atoms with Crippen LogP contribution in [0.5, 0.6) is 0 Å². The van der Waals surface area contributed by atoms with Crippen molar-refractivity contribution in [3.63, 3.8) is 0 Å². The van der Waals surface area contributed by atoms with Crippen LogP contribution in [0.2, 0.25) is 0 Å². The molecule has 0 radical (unpaired) electrons. The fraction of sp³-hybridized carbons (Fsp3) is 0.263. The Morgan fingerprint density at radius 2 is 1.80 bits per heavy atom. The number of ether oxygens (including phenoxy) is 1. The van der Waals surface area contributed by atoms with Gasteiger partial charge in [-0.15, -0.1) is 0 Å². The van der Waals surface area contributed by atoms with Crippen LogP contribution in [0.1, 0.15) is 33.6 Å². The Morgan fingerprint density at radius 1 is 1.08 bits per heavy atom. The molecule has 1 aliphatic heterocycles. The number of amides is 2. The molecular weight excluding hydrogens is 323 g/mol. The standard InChI is InChI=1S/C19H19FN2O3/c20-15-6-8-16(9-7-15)22-19(24)14-4-1-3-13(11-14)18(23)21-12-17-5-2-10-25-17/h1,3-4,6-9,11,17H,2,5,10,12H2,(H,21,23)(H,22,24). The Morgan fingerprint density at radius 3 is 2.48 bits per heavy atom. The van der Waals surface area contributed by atoms with Gasteiger partial charge in [0, 0.05) is 30.0 Å². The number of rotatable bonds is 5. The molecule has 0 aromatic heterocycles. The van der Waals surface area contributed by atoms with E-state index in [1.807, 2.05) is 0 Å². The van der Waals surface area contributed by atoms with Gasteiger partial charge in [-0.3, -0.25) is 9.59 Å². The van der Waals surface area contributed by atoms with Crippen LogP contribution in [-0.4, -0.2) is 31.1 Å². The molecule has 0 spiro atoms. The van der Waals surface area contributed by atoms with Gasteiger partial charge in [0.1, 0.15) is 5.82 Å². The summed E-state index contributed by atoms with van der Waals surface area (Å²) in [4.78, 5) is 24.5. The fourth-order valence-electron chi connectivity index (χ4n) is 2.65. The number of carbonyl (C=O) groups excluding carboxylic acids is 2.